The molecule has 0 heterocycles. The first kappa shape index (κ1) is 13.4. The van der Waals surface area contributed by atoms with E-state index in [0.29, 0.717) is 23.7 Å². The zero-order chi connectivity index (χ0) is 13.3. The van der Waals surface area contributed by atoms with Crippen LogP contribution in [0.5, 0.6) is 0 Å². The van der Waals surface area contributed by atoms with E-state index < -0.39 is 0 Å². The Morgan fingerprint density at radius 3 is 2.78 bits per heavy atom. The monoisotopic (exact) mass is 266 g/mol. The highest BCUT2D eigenvalue weighted by atomic mass is 32.1. The quantitative estimate of drug-likeness (QED) is 0.831. The normalized spacial score (nSPS) is 16.9. The number of benzene rings is 1. The van der Waals surface area contributed by atoms with Gasteiger partial charge in [0.15, 0.2) is 0 Å². The molecule has 0 spiro atoms. The average Bonchev–Trinajstić information content (AvgIpc) is 3.14. The van der Waals surface area contributed by atoms with Crippen LogP contribution in [-0.4, -0.2) is 23.0 Å². The molecule has 4 heteroatoms. The predicted octanol–water partition coefficient (Wildman–Crippen LogP) is 2.69. The number of nitrogens with two attached hydrogens (primary N) is 1. The van der Waals surface area contributed by atoms with E-state index in [1.165, 1.54) is 12.8 Å². The maximum atomic E-state index is 14.2. The fourth-order valence-corrected chi connectivity index (χ4v) is 2.40. The average molecular weight is 266 g/mol. The highest BCUT2D eigenvalue weighted by Crippen LogP contribution is 2.35. The van der Waals surface area contributed by atoms with Gasteiger partial charge in [0.2, 0.25) is 0 Å². The molecule has 2 nitrogen and oxygen atoms in total. The number of hydrogen-bond donors (Lipinski definition) is 1. The first-order chi connectivity index (χ1) is 8.50. The van der Waals surface area contributed by atoms with Gasteiger partial charge in [0.05, 0.1) is 0 Å². The summed E-state index contributed by atoms with van der Waals surface area (Å²) >= 11 is 4.85. The molecule has 0 saturated heterocycles. The molecule has 2 rings (SSSR count). The minimum atomic E-state index is -0.278. The molecular weight excluding hydrogens is 247 g/mol. The van der Waals surface area contributed by atoms with Crippen LogP contribution in [0, 0.1) is 11.7 Å². The van der Waals surface area contributed by atoms with Gasteiger partial charge in [0.25, 0.3) is 0 Å². The SMILES string of the molecule is CC(C1CC1)N(C)Cc1cccc(C(N)=S)c1F. The molecule has 0 radical (unpaired) electrons. The van der Waals surface area contributed by atoms with Gasteiger partial charge < -0.3 is 5.73 Å². The molecule has 0 bridgehead atoms. The fraction of sp³-hybridized carbons (Fsp3) is 0.500. The van der Waals surface area contributed by atoms with E-state index in [1.807, 2.05) is 13.1 Å². The molecule has 98 valence electrons. The van der Waals surface area contributed by atoms with Gasteiger partial charge in [0.1, 0.15) is 10.8 Å². The molecule has 1 fully saturated rings. The second kappa shape index (κ2) is 5.33. The molecule has 2 N–H and O–H groups in total. The highest BCUT2D eigenvalue weighted by molar-refractivity contribution is 7.80. The molecule has 0 aromatic heterocycles. The number of hydrogen-bond acceptors (Lipinski definition) is 2. The molecule has 1 atom stereocenters. The van der Waals surface area contributed by atoms with Crippen LogP contribution in [0.3, 0.4) is 0 Å². The van der Waals surface area contributed by atoms with Crippen molar-refractivity contribution in [2.24, 2.45) is 11.7 Å². The predicted molar refractivity (Wildman–Crippen MR) is 75.9 cm³/mol. The number of rotatable bonds is 5. The van der Waals surface area contributed by atoms with E-state index in [9.17, 15) is 4.39 Å². The van der Waals surface area contributed by atoms with Gasteiger partial charge in [-0.25, -0.2) is 4.39 Å². The van der Waals surface area contributed by atoms with Gasteiger partial charge in [-0.3, -0.25) is 4.90 Å². The number of halogens is 1. The molecule has 1 unspecified atom stereocenters. The van der Waals surface area contributed by atoms with Gasteiger partial charge >= 0.3 is 0 Å². The Labute approximate surface area is 113 Å². The maximum absolute atomic E-state index is 14.2. The van der Waals surface area contributed by atoms with Gasteiger partial charge in [-0.2, -0.15) is 0 Å². The molecule has 18 heavy (non-hydrogen) atoms. The zero-order valence-electron chi connectivity index (χ0n) is 10.8. The first-order valence-corrected chi connectivity index (χ1v) is 6.69. The van der Waals surface area contributed by atoms with Crippen molar-refractivity contribution in [3.63, 3.8) is 0 Å². The summed E-state index contributed by atoms with van der Waals surface area (Å²) in [7, 11) is 2.04. The first-order valence-electron chi connectivity index (χ1n) is 6.28. The second-order valence-corrected chi connectivity index (χ2v) is 5.58. The summed E-state index contributed by atoms with van der Waals surface area (Å²) in [6, 6.07) is 5.74. The Morgan fingerprint density at radius 1 is 1.56 bits per heavy atom. The third kappa shape index (κ3) is 2.87. The van der Waals surface area contributed by atoms with Gasteiger partial charge in [0, 0.05) is 23.7 Å². The minimum absolute atomic E-state index is 0.118. The summed E-state index contributed by atoms with van der Waals surface area (Å²) in [5.74, 6) is 0.497. The van der Waals surface area contributed by atoms with Crippen LogP contribution >= 0.6 is 12.2 Å². The number of nitrogens with zero attached hydrogens (tertiary/aromatic N) is 1. The smallest absolute Gasteiger partial charge is 0.137 e. The van der Waals surface area contributed by atoms with Crippen LogP contribution in [-0.2, 0) is 6.54 Å². The van der Waals surface area contributed by atoms with Crippen molar-refractivity contribution in [1.82, 2.24) is 4.90 Å². The molecule has 1 aromatic carbocycles. The second-order valence-electron chi connectivity index (χ2n) is 5.14. The van der Waals surface area contributed by atoms with Gasteiger partial charge in [-0.15, -0.1) is 0 Å². The summed E-state index contributed by atoms with van der Waals surface area (Å²) in [5.41, 5.74) is 6.52. The summed E-state index contributed by atoms with van der Waals surface area (Å²) in [6.45, 7) is 2.80. The molecule has 1 aromatic rings. The Hall–Kier alpha value is -1.00. The van der Waals surface area contributed by atoms with Crippen molar-refractivity contribution in [3.8, 4) is 0 Å². The van der Waals surface area contributed by atoms with Crippen molar-refractivity contribution in [2.75, 3.05) is 7.05 Å². The van der Waals surface area contributed by atoms with Gasteiger partial charge in [-0.1, -0.05) is 24.4 Å². The van der Waals surface area contributed by atoms with Crippen molar-refractivity contribution in [1.29, 1.82) is 0 Å². The van der Waals surface area contributed by atoms with Crippen LogP contribution in [0.15, 0.2) is 18.2 Å². The van der Waals surface area contributed by atoms with E-state index in [1.54, 1.807) is 12.1 Å². The third-order valence-corrected chi connectivity index (χ3v) is 3.98. The molecule has 1 aliphatic carbocycles. The molecule has 0 aliphatic heterocycles. The minimum Gasteiger partial charge on any atom is -0.389 e. The van der Waals surface area contributed by atoms with Crippen molar-refractivity contribution >= 4 is 17.2 Å². The molecule has 1 aliphatic rings. The summed E-state index contributed by atoms with van der Waals surface area (Å²) in [6.07, 6.45) is 2.59. The third-order valence-electron chi connectivity index (χ3n) is 3.76. The van der Waals surface area contributed by atoms with Crippen LogP contribution in [0.4, 0.5) is 4.39 Å². The van der Waals surface area contributed by atoms with E-state index in [2.05, 4.69) is 11.8 Å². The maximum Gasteiger partial charge on any atom is 0.137 e. The van der Waals surface area contributed by atoms with Crippen LogP contribution < -0.4 is 5.73 Å². The van der Waals surface area contributed by atoms with Crippen molar-refractivity contribution in [3.05, 3.63) is 35.1 Å². The zero-order valence-corrected chi connectivity index (χ0v) is 11.6. The van der Waals surface area contributed by atoms with Gasteiger partial charge in [-0.05, 0) is 38.8 Å². The van der Waals surface area contributed by atoms with Crippen molar-refractivity contribution < 1.29 is 4.39 Å². The summed E-state index contributed by atoms with van der Waals surface area (Å²) < 4.78 is 14.2. The summed E-state index contributed by atoms with van der Waals surface area (Å²) in [4.78, 5) is 2.31. The van der Waals surface area contributed by atoms with E-state index in [0.717, 1.165) is 5.92 Å². The Morgan fingerprint density at radius 2 is 2.22 bits per heavy atom. The lowest BCUT2D eigenvalue weighted by molar-refractivity contribution is 0.224. The summed E-state index contributed by atoms with van der Waals surface area (Å²) in [5, 5.41) is 0. The van der Waals surface area contributed by atoms with Crippen LogP contribution in [0.1, 0.15) is 30.9 Å². The molecule has 0 amide bonds. The lowest BCUT2D eigenvalue weighted by Crippen LogP contribution is -2.30. The van der Waals surface area contributed by atoms with E-state index >= 15 is 0 Å². The van der Waals surface area contributed by atoms with Crippen LogP contribution in [0.25, 0.3) is 0 Å². The molecular formula is C14H19FN2S. The fourth-order valence-electron chi connectivity index (χ4n) is 2.24. The van der Waals surface area contributed by atoms with Crippen molar-refractivity contribution in [2.45, 2.75) is 32.4 Å². The topological polar surface area (TPSA) is 29.3 Å². The standard InChI is InChI=1S/C14H19FN2S/c1-9(10-6-7-10)17(2)8-11-4-3-5-12(13(11)15)14(16)18/h3-5,9-10H,6-8H2,1-2H3,(H2,16,18). The Balaban J connectivity index is 2.13. The lowest BCUT2D eigenvalue weighted by Gasteiger charge is -2.25. The van der Waals surface area contributed by atoms with E-state index in [4.69, 9.17) is 18.0 Å². The Kier molecular flexibility index (Phi) is 3.97. The number of thiocarbonyl (C=S) groups is 1. The lowest BCUT2D eigenvalue weighted by atomic mass is 10.1. The largest absolute Gasteiger partial charge is 0.389 e. The van der Waals surface area contributed by atoms with Crippen LogP contribution in [0.2, 0.25) is 0 Å². The van der Waals surface area contributed by atoms with E-state index in [-0.39, 0.29) is 10.8 Å². The highest BCUT2D eigenvalue weighted by Gasteiger charge is 2.30. The Bertz CT molecular complexity index is 457. The molecule has 1 saturated carbocycles.